The number of carbonyl (C=O) groups is 3. The van der Waals surface area contributed by atoms with Crippen LogP contribution in [0.5, 0.6) is 0 Å². The molecular formula is C26H23FN2O4. The minimum absolute atomic E-state index is 0.0723. The molecule has 0 aromatic heterocycles. The van der Waals surface area contributed by atoms with E-state index in [0.29, 0.717) is 11.1 Å². The molecule has 6 nitrogen and oxygen atoms in total. The molecule has 0 fully saturated rings. The highest BCUT2D eigenvalue weighted by Gasteiger charge is 2.21. The van der Waals surface area contributed by atoms with E-state index in [0.717, 1.165) is 5.56 Å². The molecule has 0 radical (unpaired) electrons. The van der Waals surface area contributed by atoms with Crippen LogP contribution in [0.15, 0.2) is 90.6 Å². The average Bonchev–Trinajstić information content (AvgIpc) is 2.84. The van der Waals surface area contributed by atoms with Crippen LogP contribution in [0.4, 0.5) is 4.39 Å². The zero-order valence-electron chi connectivity index (χ0n) is 18.0. The van der Waals surface area contributed by atoms with E-state index in [4.69, 9.17) is 4.74 Å². The van der Waals surface area contributed by atoms with Crippen molar-refractivity contribution < 1.29 is 23.5 Å². The van der Waals surface area contributed by atoms with Crippen molar-refractivity contribution >= 4 is 23.9 Å². The Kier molecular flexibility index (Phi) is 8.07. The number of benzene rings is 3. The number of hydrogen-bond donors (Lipinski definition) is 2. The van der Waals surface area contributed by atoms with E-state index >= 15 is 0 Å². The Morgan fingerprint density at radius 3 is 2.15 bits per heavy atom. The maximum absolute atomic E-state index is 13.2. The van der Waals surface area contributed by atoms with E-state index in [1.54, 1.807) is 30.3 Å². The fourth-order valence-electron chi connectivity index (χ4n) is 2.86. The average molecular weight is 446 g/mol. The molecule has 3 aromatic carbocycles. The van der Waals surface area contributed by atoms with Crippen molar-refractivity contribution in [3.8, 4) is 0 Å². The summed E-state index contributed by atoms with van der Waals surface area (Å²) in [6.45, 7) is 1.56. The van der Waals surface area contributed by atoms with Gasteiger partial charge in [-0.25, -0.2) is 9.18 Å². The Morgan fingerprint density at radius 2 is 1.52 bits per heavy atom. The van der Waals surface area contributed by atoms with E-state index in [9.17, 15) is 18.8 Å². The Bertz CT molecular complexity index is 1130. The van der Waals surface area contributed by atoms with E-state index in [1.165, 1.54) is 37.3 Å². The predicted octanol–water partition coefficient (Wildman–Crippen LogP) is 3.84. The van der Waals surface area contributed by atoms with Crippen LogP contribution >= 0.6 is 0 Å². The topological polar surface area (TPSA) is 84.5 Å². The fourth-order valence-corrected chi connectivity index (χ4v) is 2.86. The predicted molar refractivity (Wildman–Crippen MR) is 122 cm³/mol. The molecule has 3 rings (SSSR count). The molecule has 3 aromatic rings. The Morgan fingerprint density at radius 1 is 0.909 bits per heavy atom. The Hall–Kier alpha value is -4.26. The van der Waals surface area contributed by atoms with Crippen LogP contribution in [0.2, 0.25) is 0 Å². The molecule has 168 valence electrons. The SMILES string of the molecule is C[C@H](NC(=O)/C(=C\c1ccc(F)cc1)NC(=O)c1ccccc1)C(=O)OCc1ccccc1. The van der Waals surface area contributed by atoms with E-state index in [-0.39, 0.29) is 12.3 Å². The first-order valence-electron chi connectivity index (χ1n) is 10.3. The molecule has 0 aliphatic rings. The molecule has 0 saturated carbocycles. The monoisotopic (exact) mass is 446 g/mol. The van der Waals surface area contributed by atoms with Gasteiger partial charge in [-0.2, -0.15) is 0 Å². The van der Waals surface area contributed by atoms with Gasteiger partial charge in [-0.15, -0.1) is 0 Å². The summed E-state index contributed by atoms with van der Waals surface area (Å²) in [6, 6.07) is 22.0. The Labute approximate surface area is 191 Å². The van der Waals surface area contributed by atoms with Gasteiger partial charge in [-0.3, -0.25) is 9.59 Å². The summed E-state index contributed by atoms with van der Waals surface area (Å²) in [4.78, 5) is 37.8. The van der Waals surface area contributed by atoms with Gasteiger partial charge >= 0.3 is 5.97 Å². The third kappa shape index (κ3) is 7.14. The maximum Gasteiger partial charge on any atom is 0.328 e. The van der Waals surface area contributed by atoms with Crippen LogP contribution in [0.3, 0.4) is 0 Å². The summed E-state index contributed by atoms with van der Waals surface area (Å²) in [5.41, 5.74) is 1.56. The number of rotatable bonds is 8. The number of nitrogens with one attached hydrogen (secondary N) is 2. The van der Waals surface area contributed by atoms with Gasteiger partial charge in [-0.1, -0.05) is 60.7 Å². The van der Waals surface area contributed by atoms with Crippen molar-refractivity contribution in [3.05, 3.63) is 113 Å². The van der Waals surface area contributed by atoms with E-state index in [2.05, 4.69) is 10.6 Å². The van der Waals surface area contributed by atoms with Crippen molar-refractivity contribution in [2.45, 2.75) is 19.6 Å². The minimum Gasteiger partial charge on any atom is -0.459 e. The molecule has 0 bridgehead atoms. The van der Waals surface area contributed by atoms with E-state index < -0.39 is 29.6 Å². The molecule has 0 saturated heterocycles. The highest BCUT2D eigenvalue weighted by molar-refractivity contribution is 6.06. The molecule has 7 heteroatoms. The fraction of sp³-hybridized carbons (Fsp3) is 0.115. The first-order valence-corrected chi connectivity index (χ1v) is 10.3. The Balaban J connectivity index is 1.71. The zero-order valence-corrected chi connectivity index (χ0v) is 18.0. The molecule has 2 amide bonds. The third-order valence-corrected chi connectivity index (χ3v) is 4.63. The molecule has 2 N–H and O–H groups in total. The highest BCUT2D eigenvalue weighted by atomic mass is 19.1. The molecule has 0 spiro atoms. The number of esters is 1. The van der Waals surface area contributed by atoms with Gasteiger partial charge in [-0.05, 0) is 48.4 Å². The number of halogens is 1. The van der Waals surface area contributed by atoms with Crippen molar-refractivity contribution in [2.24, 2.45) is 0 Å². The highest BCUT2D eigenvalue weighted by Crippen LogP contribution is 2.10. The van der Waals surface area contributed by atoms with Crippen LogP contribution < -0.4 is 10.6 Å². The first-order chi connectivity index (χ1) is 15.9. The quantitative estimate of drug-likeness (QED) is 0.407. The minimum atomic E-state index is -0.966. The lowest BCUT2D eigenvalue weighted by Crippen LogP contribution is -2.43. The maximum atomic E-state index is 13.2. The second-order valence-corrected chi connectivity index (χ2v) is 7.22. The van der Waals surface area contributed by atoms with E-state index in [1.807, 2.05) is 30.3 Å². The molecule has 33 heavy (non-hydrogen) atoms. The zero-order chi connectivity index (χ0) is 23.6. The van der Waals surface area contributed by atoms with Gasteiger partial charge in [0.25, 0.3) is 11.8 Å². The normalized spacial score (nSPS) is 11.9. The number of amides is 2. The lowest BCUT2D eigenvalue weighted by Gasteiger charge is -2.16. The van der Waals surface area contributed by atoms with Gasteiger partial charge in [0.05, 0.1) is 0 Å². The number of carbonyl (C=O) groups excluding carboxylic acids is 3. The molecule has 0 unspecified atom stereocenters. The van der Waals surface area contributed by atoms with Crippen LogP contribution in [0.25, 0.3) is 6.08 Å². The standard InChI is InChI=1S/C26H23FN2O4/c1-18(26(32)33-17-20-8-4-2-5-9-20)28-25(31)23(16-19-12-14-22(27)15-13-19)29-24(30)21-10-6-3-7-11-21/h2-16,18H,17H2,1H3,(H,28,31)(H,29,30)/b23-16+/t18-/m0/s1. The van der Waals surface area contributed by atoms with Crippen LogP contribution in [-0.2, 0) is 20.9 Å². The van der Waals surface area contributed by atoms with Crippen LogP contribution in [-0.4, -0.2) is 23.8 Å². The third-order valence-electron chi connectivity index (χ3n) is 4.63. The van der Waals surface area contributed by atoms with Crippen molar-refractivity contribution in [3.63, 3.8) is 0 Å². The number of hydrogen-bond acceptors (Lipinski definition) is 4. The number of ether oxygens (including phenoxy) is 1. The lowest BCUT2D eigenvalue weighted by atomic mass is 10.1. The summed E-state index contributed by atoms with van der Waals surface area (Å²) in [5.74, 6) is -2.24. The summed E-state index contributed by atoms with van der Waals surface area (Å²) in [7, 11) is 0. The molecule has 1 atom stereocenters. The van der Waals surface area contributed by atoms with Crippen molar-refractivity contribution in [1.29, 1.82) is 0 Å². The van der Waals surface area contributed by atoms with Gasteiger partial charge in [0.2, 0.25) is 0 Å². The summed E-state index contributed by atoms with van der Waals surface area (Å²) in [5, 5.41) is 5.10. The molecular weight excluding hydrogens is 423 g/mol. The molecule has 0 heterocycles. The summed E-state index contributed by atoms with van der Waals surface area (Å²) < 4.78 is 18.5. The molecule has 0 aliphatic heterocycles. The van der Waals surface area contributed by atoms with Gasteiger partial charge in [0, 0.05) is 5.56 Å². The van der Waals surface area contributed by atoms with Crippen LogP contribution in [0, 0.1) is 5.82 Å². The van der Waals surface area contributed by atoms with Crippen LogP contribution in [0.1, 0.15) is 28.4 Å². The first kappa shape index (κ1) is 23.4. The summed E-state index contributed by atoms with van der Waals surface area (Å²) in [6.07, 6.45) is 1.40. The largest absolute Gasteiger partial charge is 0.459 e. The smallest absolute Gasteiger partial charge is 0.328 e. The lowest BCUT2D eigenvalue weighted by molar-refractivity contribution is -0.148. The second-order valence-electron chi connectivity index (χ2n) is 7.22. The van der Waals surface area contributed by atoms with Crippen molar-refractivity contribution in [1.82, 2.24) is 10.6 Å². The van der Waals surface area contributed by atoms with Crippen molar-refractivity contribution in [2.75, 3.05) is 0 Å². The second kappa shape index (κ2) is 11.4. The molecule has 0 aliphatic carbocycles. The van der Waals surface area contributed by atoms with Gasteiger partial charge in [0.15, 0.2) is 0 Å². The van der Waals surface area contributed by atoms with Gasteiger partial charge in [0.1, 0.15) is 24.2 Å². The van der Waals surface area contributed by atoms with Gasteiger partial charge < -0.3 is 15.4 Å². The summed E-state index contributed by atoms with van der Waals surface area (Å²) >= 11 is 0.